The molecule has 2 aliphatic rings. The Bertz CT molecular complexity index is 1320. The average molecular weight is 577 g/mol. The summed E-state index contributed by atoms with van der Waals surface area (Å²) < 4.78 is 0. The van der Waals surface area contributed by atoms with Crippen LogP contribution in [0.4, 0.5) is 0 Å². The predicted molar refractivity (Wildman–Crippen MR) is 150 cm³/mol. The van der Waals surface area contributed by atoms with E-state index in [2.05, 4.69) is 117 Å². The van der Waals surface area contributed by atoms with Gasteiger partial charge in [-0.2, -0.15) is 23.8 Å². The van der Waals surface area contributed by atoms with E-state index in [0.29, 0.717) is 5.92 Å². The maximum absolute atomic E-state index is 4.93. The van der Waals surface area contributed by atoms with E-state index >= 15 is 0 Å². The van der Waals surface area contributed by atoms with Gasteiger partial charge in [-0.15, -0.1) is 40.1 Å². The van der Waals surface area contributed by atoms with Gasteiger partial charge in [0.2, 0.25) is 0 Å². The molecule has 0 amide bonds. The molecule has 3 heteroatoms. The molecule has 35 heavy (non-hydrogen) atoms. The first-order valence-electron chi connectivity index (χ1n) is 12.0. The van der Waals surface area contributed by atoms with Crippen molar-refractivity contribution >= 4 is 33.9 Å². The first-order chi connectivity index (χ1) is 17.1. The summed E-state index contributed by atoms with van der Waals surface area (Å²) in [6.07, 6.45) is 14.5. The molecule has 0 aliphatic heterocycles. The molecule has 0 aromatic heterocycles. The number of allylic oxidation sites excluding steroid dienone is 5. The summed E-state index contributed by atoms with van der Waals surface area (Å²) in [7, 11) is 9.87. The molecular weight excluding hydrogens is 546 g/mol. The van der Waals surface area contributed by atoms with E-state index in [1.165, 1.54) is 44.2 Å². The fraction of sp³-hybridized carbons (Fsp3) is 0.188. The van der Waals surface area contributed by atoms with Crippen LogP contribution in [0.3, 0.4) is 0 Å². The average Bonchev–Trinajstić information content (AvgIpc) is 3.62. The van der Waals surface area contributed by atoms with E-state index < -0.39 is 20.8 Å². The molecule has 0 atom stereocenters. The van der Waals surface area contributed by atoms with Gasteiger partial charge in [0.05, 0.1) is 0 Å². The van der Waals surface area contributed by atoms with Crippen molar-refractivity contribution in [2.75, 3.05) is 0 Å². The van der Waals surface area contributed by atoms with E-state index in [1.807, 2.05) is 0 Å². The summed E-state index contributed by atoms with van der Waals surface area (Å²) in [5.41, 5.74) is 10.2. The van der Waals surface area contributed by atoms with Gasteiger partial charge in [-0.3, -0.25) is 0 Å². The SMILES string of the molecule is CC1=Cc2cccc(CC3C=CC=C3)c2C1.Cc1cc2cccc(C[c-]3cccc3)c2[cH-]1.[Cl][Zr][Cl]. The molecule has 0 fully saturated rings. The number of benzene rings is 2. The van der Waals surface area contributed by atoms with Crippen molar-refractivity contribution in [2.24, 2.45) is 5.92 Å². The molecule has 4 aromatic rings. The van der Waals surface area contributed by atoms with Crippen LogP contribution in [0, 0.1) is 12.8 Å². The standard InChI is InChI=1S/C16H16.C16H14.2ClH.Zr/c2*1-12-9-14-7-4-8-15(16(14)10-12)11-13-5-2-3-6-13;;;/h2-9,13H,10-11H2,1H3;2-10H,11H2,1H3;2*1H;/q;-2;;;+2/p-2. The summed E-state index contributed by atoms with van der Waals surface area (Å²) in [5.74, 6) is 0.604. The second-order valence-electron chi connectivity index (χ2n) is 9.28. The van der Waals surface area contributed by atoms with Gasteiger partial charge in [-0.05, 0) is 42.4 Å². The Morgan fingerprint density at radius 3 is 2.37 bits per heavy atom. The molecule has 0 saturated carbocycles. The Morgan fingerprint density at radius 2 is 1.63 bits per heavy atom. The molecule has 6 rings (SSSR count). The van der Waals surface area contributed by atoms with Crippen molar-refractivity contribution in [1.82, 2.24) is 0 Å². The Balaban J connectivity index is 0.000000149. The summed E-state index contributed by atoms with van der Waals surface area (Å²) in [6, 6.07) is 26.4. The van der Waals surface area contributed by atoms with Crippen molar-refractivity contribution in [3.63, 3.8) is 0 Å². The molecule has 0 bridgehead atoms. The molecule has 0 N–H and O–H groups in total. The molecule has 0 unspecified atom stereocenters. The summed E-state index contributed by atoms with van der Waals surface area (Å²) >= 11 is -0.826. The maximum atomic E-state index is 4.93. The van der Waals surface area contributed by atoms with Crippen molar-refractivity contribution in [3.05, 3.63) is 136 Å². The van der Waals surface area contributed by atoms with Crippen LogP contribution >= 0.6 is 17.0 Å². The first kappa shape index (κ1) is 26.2. The first-order valence-corrected chi connectivity index (χ1v) is 18.3. The van der Waals surface area contributed by atoms with Crippen molar-refractivity contribution in [3.8, 4) is 0 Å². The monoisotopic (exact) mass is 574 g/mol. The van der Waals surface area contributed by atoms with Crippen LogP contribution in [0.25, 0.3) is 16.8 Å². The van der Waals surface area contributed by atoms with Crippen LogP contribution in [-0.4, -0.2) is 0 Å². The van der Waals surface area contributed by atoms with Gasteiger partial charge < -0.3 is 0 Å². The Kier molecular flexibility index (Phi) is 9.61. The van der Waals surface area contributed by atoms with Crippen LogP contribution in [0.15, 0.2) is 103 Å². The third kappa shape index (κ3) is 7.07. The summed E-state index contributed by atoms with van der Waals surface area (Å²) in [6.45, 7) is 4.38. The quantitative estimate of drug-likeness (QED) is 0.212. The second kappa shape index (κ2) is 12.9. The normalized spacial score (nSPS) is 13.7. The Hall–Kier alpha value is -1.92. The molecule has 0 radical (unpaired) electrons. The fourth-order valence-electron chi connectivity index (χ4n) is 5.01. The third-order valence-electron chi connectivity index (χ3n) is 6.56. The number of rotatable bonds is 4. The van der Waals surface area contributed by atoms with Crippen LogP contribution < -0.4 is 0 Å². The van der Waals surface area contributed by atoms with Crippen molar-refractivity contribution < 1.29 is 20.8 Å². The van der Waals surface area contributed by atoms with Gasteiger partial charge in [0.1, 0.15) is 0 Å². The van der Waals surface area contributed by atoms with Gasteiger partial charge in [0.25, 0.3) is 0 Å². The van der Waals surface area contributed by atoms with E-state index in [9.17, 15) is 0 Å². The number of aryl methyl sites for hydroxylation is 1. The molecule has 4 aromatic carbocycles. The van der Waals surface area contributed by atoms with Gasteiger partial charge in [-0.25, -0.2) is 12.1 Å². The molecule has 2 aliphatic carbocycles. The Morgan fingerprint density at radius 1 is 0.943 bits per heavy atom. The zero-order valence-electron chi connectivity index (χ0n) is 20.3. The number of fused-ring (bicyclic) bond motifs is 2. The van der Waals surface area contributed by atoms with Crippen LogP contribution in [0.1, 0.15) is 40.3 Å². The van der Waals surface area contributed by atoms with Crippen molar-refractivity contribution in [1.29, 1.82) is 0 Å². The molecular formula is C32H30Cl2Zr-2. The van der Waals surface area contributed by atoms with E-state index in [0.717, 1.165) is 19.3 Å². The van der Waals surface area contributed by atoms with Crippen LogP contribution in [-0.2, 0) is 40.1 Å². The number of hydrogen-bond donors (Lipinski definition) is 0. The van der Waals surface area contributed by atoms with Crippen LogP contribution in [0.5, 0.6) is 0 Å². The van der Waals surface area contributed by atoms with Crippen LogP contribution in [0.2, 0.25) is 0 Å². The van der Waals surface area contributed by atoms with E-state index in [1.54, 1.807) is 5.56 Å². The number of hydrogen-bond acceptors (Lipinski definition) is 0. The zero-order chi connectivity index (χ0) is 24.6. The minimum atomic E-state index is -0.826. The molecule has 178 valence electrons. The van der Waals surface area contributed by atoms with E-state index in [4.69, 9.17) is 17.0 Å². The fourth-order valence-corrected chi connectivity index (χ4v) is 5.01. The van der Waals surface area contributed by atoms with Gasteiger partial charge >= 0.3 is 37.9 Å². The molecule has 0 nitrogen and oxygen atoms in total. The molecule has 0 heterocycles. The predicted octanol–water partition coefficient (Wildman–Crippen LogP) is 9.48. The zero-order valence-corrected chi connectivity index (χ0v) is 24.2. The van der Waals surface area contributed by atoms with Gasteiger partial charge in [-0.1, -0.05) is 73.6 Å². The topological polar surface area (TPSA) is 0 Å². The van der Waals surface area contributed by atoms with Crippen molar-refractivity contribution in [2.45, 2.75) is 33.1 Å². The summed E-state index contributed by atoms with van der Waals surface area (Å²) in [4.78, 5) is 0. The van der Waals surface area contributed by atoms with Gasteiger partial charge in [0, 0.05) is 0 Å². The van der Waals surface area contributed by atoms with E-state index in [-0.39, 0.29) is 0 Å². The Labute approximate surface area is 228 Å². The van der Waals surface area contributed by atoms with Gasteiger partial charge in [0.15, 0.2) is 0 Å². The second-order valence-corrected chi connectivity index (χ2v) is 13.0. The number of halogens is 2. The third-order valence-corrected chi connectivity index (χ3v) is 6.56. The molecule has 0 spiro atoms. The minimum absolute atomic E-state index is 0.604. The summed E-state index contributed by atoms with van der Waals surface area (Å²) in [5, 5.41) is 2.77. The molecule has 0 saturated heterocycles.